The van der Waals surface area contributed by atoms with Crippen LogP contribution in [0.25, 0.3) is 0 Å². The highest BCUT2D eigenvalue weighted by Crippen LogP contribution is 2.30. The maximum Gasteiger partial charge on any atom is 0.351 e. The Hall–Kier alpha value is -0.990. The molecule has 0 aromatic carbocycles. The lowest BCUT2D eigenvalue weighted by atomic mass is 10.3. The first-order valence-corrected chi connectivity index (χ1v) is 2.90. The summed E-state index contributed by atoms with van der Waals surface area (Å²) in [5, 5.41) is 8.27. The Morgan fingerprint density at radius 3 is 2.56 bits per heavy atom. The Balaban J connectivity index is 2.46. The van der Waals surface area contributed by atoms with Crippen LogP contribution in [-0.4, -0.2) is 11.1 Å². The summed E-state index contributed by atoms with van der Waals surface area (Å²) in [6.07, 6.45) is 3.80. The summed E-state index contributed by atoms with van der Waals surface area (Å²) in [4.78, 5) is 10.1. The van der Waals surface area contributed by atoms with Crippen molar-refractivity contribution in [2.24, 2.45) is 11.7 Å². The van der Waals surface area contributed by atoms with E-state index in [0.717, 1.165) is 12.8 Å². The average Bonchev–Trinajstić information content (AvgIpc) is 2.50. The third kappa shape index (κ3) is 1.76. The van der Waals surface area contributed by atoms with Gasteiger partial charge in [-0.2, -0.15) is 0 Å². The lowest BCUT2D eigenvalue weighted by Crippen LogP contribution is -2.09. The zero-order chi connectivity index (χ0) is 6.85. The Morgan fingerprint density at radius 2 is 2.22 bits per heavy atom. The average molecular weight is 127 g/mol. The highest BCUT2D eigenvalue weighted by Gasteiger charge is 2.19. The first-order chi connectivity index (χ1) is 4.20. The normalized spacial score (nSPS) is 19.8. The number of carboxylic acid groups (broad SMARTS) is 1. The van der Waals surface area contributed by atoms with E-state index in [4.69, 9.17) is 10.8 Å². The van der Waals surface area contributed by atoms with E-state index < -0.39 is 5.97 Å². The number of hydrogen-bond donors (Lipinski definition) is 2. The van der Waals surface area contributed by atoms with Crippen molar-refractivity contribution in [3.05, 3.63) is 11.8 Å². The van der Waals surface area contributed by atoms with Gasteiger partial charge in [-0.05, 0) is 18.8 Å². The Labute approximate surface area is 53.2 Å². The van der Waals surface area contributed by atoms with Crippen molar-refractivity contribution in [2.45, 2.75) is 12.8 Å². The third-order valence-corrected chi connectivity index (χ3v) is 1.28. The monoisotopic (exact) mass is 127 g/mol. The molecule has 0 aromatic heterocycles. The van der Waals surface area contributed by atoms with Crippen LogP contribution < -0.4 is 5.73 Å². The summed E-state index contributed by atoms with van der Waals surface area (Å²) in [7, 11) is 0. The summed E-state index contributed by atoms with van der Waals surface area (Å²) >= 11 is 0. The molecule has 0 atom stereocenters. The van der Waals surface area contributed by atoms with Gasteiger partial charge in [0, 0.05) is 0 Å². The number of rotatable bonds is 2. The van der Waals surface area contributed by atoms with Gasteiger partial charge in [0.1, 0.15) is 5.70 Å². The molecule has 0 aromatic rings. The smallest absolute Gasteiger partial charge is 0.351 e. The van der Waals surface area contributed by atoms with E-state index in [1.54, 1.807) is 6.08 Å². The molecule has 0 amide bonds. The van der Waals surface area contributed by atoms with Crippen molar-refractivity contribution in [1.29, 1.82) is 0 Å². The molecule has 1 aliphatic rings. The SMILES string of the molecule is NC(=CC1CC1)C(=O)O. The lowest BCUT2D eigenvalue weighted by molar-refractivity contribution is -0.132. The fraction of sp³-hybridized carbons (Fsp3) is 0.500. The Kier molecular flexibility index (Phi) is 1.42. The van der Waals surface area contributed by atoms with Crippen LogP contribution in [0.5, 0.6) is 0 Å². The molecule has 50 valence electrons. The zero-order valence-corrected chi connectivity index (χ0v) is 5.00. The molecule has 0 unspecified atom stereocenters. The molecule has 3 N–H and O–H groups in total. The van der Waals surface area contributed by atoms with Crippen molar-refractivity contribution in [3.8, 4) is 0 Å². The minimum Gasteiger partial charge on any atom is -0.477 e. The molecule has 1 saturated carbocycles. The van der Waals surface area contributed by atoms with Crippen LogP contribution >= 0.6 is 0 Å². The number of carbonyl (C=O) groups is 1. The van der Waals surface area contributed by atoms with E-state index >= 15 is 0 Å². The van der Waals surface area contributed by atoms with Gasteiger partial charge in [0.25, 0.3) is 0 Å². The third-order valence-electron chi connectivity index (χ3n) is 1.28. The van der Waals surface area contributed by atoms with Gasteiger partial charge in [-0.1, -0.05) is 6.08 Å². The highest BCUT2D eigenvalue weighted by molar-refractivity contribution is 5.85. The number of allylic oxidation sites excluding steroid dienone is 1. The molecular weight excluding hydrogens is 118 g/mol. The molecule has 0 spiro atoms. The molecule has 1 fully saturated rings. The van der Waals surface area contributed by atoms with Crippen LogP contribution in [0.3, 0.4) is 0 Å². The van der Waals surface area contributed by atoms with Crippen molar-refractivity contribution in [2.75, 3.05) is 0 Å². The maximum atomic E-state index is 10.1. The molecule has 3 nitrogen and oxygen atoms in total. The minimum atomic E-state index is -1.01. The molecule has 0 heterocycles. The van der Waals surface area contributed by atoms with Crippen LogP contribution in [0.2, 0.25) is 0 Å². The topological polar surface area (TPSA) is 63.3 Å². The fourth-order valence-corrected chi connectivity index (χ4v) is 0.588. The molecule has 1 aliphatic carbocycles. The van der Waals surface area contributed by atoms with Gasteiger partial charge in [0.15, 0.2) is 0 Å². The summed E-state index contributed by atoms with van der Waals surface area (Å²) in [6.45, 7) is 0. The van der Waals surface area contributed by atoms with Crippen LogP contribution in [0, 0.1) is 5.92 Å². The Bertz CT molecular complexity index is 158. The van der Waals surface area contributed by atoms with Crippen LogP contribution in [0.4, 0.5) is 0 Å². The van der Waals surface area contributed by atoms with Gasteiger partial charge in [-0.3, -0.25) is 0 Å². The first-order valence-electron chi connectivity index (χ1n) is 2.90. The molecule has 0 aliphatic heterocycles. The second-order valence-electron chi connectivity index (χ2n) is 2.26. The van der Waals surface area contributed by atoms with E-state index in [0.29, 0.717) is 5.92 Å². The number of hydrogen-bond acceptors (Lipinski definition) is 2. The van der Waals surface area contributed by atoms with E-state index in [1.165, 1.54) is 0 Å². The van der Waals surface area contributed by atoms with Crippen LogP contribution in [0.15, 0.2) is 11.8 Å². The molecule has 3 heteroatoms. The number of nitrogens with two attached hydrogens (primary N) is 1. The highest BCUT2D eigenvalue weighted by atomic mass is 16.4. The predicted molar refractivity (Wildman–Crippen MR) is 32.6 cm³/mol. The fourth-order valence-electron chi connectivity index (χ4n) is 0.588. The van der Waals surface area contributed by atoms with Crippen molar-refractivity contribution >= 4 is 5.97 Å². The summed E-state index contributed by atoms with van der Waals surface area (Å²) in [5.74, 6) is -0.567. The largest absolute Gasteiger partial charge is 0.477 e. The number of carboxylic acids is 1. The van der Waals surface area contributed by atoms with E-state index in [1.807, 2.05) is 0 Å². The summed E-state index contributed by atoms with van der Waals surface area (Å²) in [6, 6.07) is 0. The molecule has 0 saturated heterocycles. The quantitative estimate of drug-likeness (QED) is 0.525. The van der Waals surface area contributed by atoms with Gasteiger partial charge in [0.05, 0.1) is 0 Å². The van der Waals surface area contributed by atoms with Crippen LogP contribution in [-0.2, 0) is 4.79 Å². The Morgan fingerprint density at radius 1 is 1.67 bits per heavy atom. The van der Waals surface area contributed by atoms with Gasteiger partial charge in [-0.15, -0.1) is 0 Å². The van der Waals surface area contributed by atoms with Gasteiger partial charge < -0.3 is 10.8 Å². The van der Waals surface area contributed by atoms with Crippen molar-refractivity contribution in [3.63, 3.8) is 0 Å². The van der Waals surface area contributed by atoms with E-state index in [9.17, 15) is 4.79 Å². The van der Waals surface area contributed by atoms with Gasteiger partial charge >= 0.3 is 5.97 Å². The lowest BCUT2D eigenvalue weighted by Gasteiger charge is -1.89. The number of aliphatic carboxylic acids is 1. The molecular formula is C6H9NO2. The first kappa shape index (κ1) is 6.13. The maximum absolute atomic E-state index is 10.1. The van der Waals surface area contributed by atoms with E-state index in [-0.39, 0.29) is 5.70 Å². The summed E-state index contributed by atoms with van der Waals surface area (Å²) in [5.41, 5.74) is 5.10. The molecule has 0 bridgehead atoms. The van der Waals surface area contributed by atoms with Crippen LogP contribution in [0.1, 0.15) is 12.8 Å². The second kappa shape index (κ2) is 2.09. The van der Waals surface area contributed by atoms with Gasteiger partial charge in [-0.25, -0.2) is 4.79 Å². The second-order valence-corrected chi connectivity index (χ2v) is 2.26. The van der Waals surface area contributed by atoms with Crippen molar-refractivity contribution in [1.82, 2.24) is 0 Å². The predicted octanol–water partition coefficient (Wildman–Crippen LogP) is 0.324. The van der Waals surface area contributed by atoms with Gasteiger partial charge in [0.2, 0.25) is 0 Å². The molecule has 1 rings (SSSR count). The van der Waals surface area contributed by atoms with Crippen molar-refractivity contribution < 1.29 is 9.90 Å². The minimum absolute atomic E-state index is 0.0162. The van der Waals surface area contributed by atoms with E-state index in [2.05, 4.69) is 0 Å². The standard InChI is InChI=1S/C6H9NO2/c7-5(6(8)9)3-4-1-2-4/h3-4H,1-2,7H2,(H,8,9). The molecule has 0 radical (unpaired) electrons. The zero-order valence-electron chi connectivity index (χ0n) is 5.00. The summed E-state index contributed by atoms with van der Waals surface area (Å²) < 4.78 is 0. The molecule has 9 heavy (non-hydrogen) atoms.